The van der Waals surface area contributed by atoms with Crippen LogP contribution in [0, 0.1) is 0 Å². The first-order valence-corrected chi connectivity index (χ1v) is 6.97. The largest absolute Gasteiger partial charge is 0.352 e. The number of aromatic nitrogens is 2. The van der Waals surface area contributed by atoms with E-state index in [1.165, 1.54) is 0 Å². The summed E-state index contributed by atoms with van der Waals surface area (Å²) >= 11 is 0. The highest BCUT2D eigenvalue weighted by molar-refractivity contribution is 5.95. The van der Waals surface area contributed by atoms with Gasteiger partial charge in [-0.3, -0.25) is 9.48 Å². The Bertz CT molecular complexity index is 418. The number of hydrogen-bond donors (Lipinski definition) is 2. The Labute approximate surface area is 115 Å². The average Bonchev–Trinajstić information content (AvgIpc) is 2.77. The fraction of sp³-hybridized carbons (Fsp3) is 0.714. The van der Waals surface area contributed by atoms with E-state index in [1.807, 2.05) is 11.6 Å². The average molecular weight is 266 g/mol. The van der Waals surface area contributed by atoms with Crippen molar-refractivity contribution in [2.45, 2.75) is 52.5 Å². The van der Waals surface area contributed by atoms with Gasteiger partial charge in [0.25, 0.3) is 5.91 Å². The van der Waals surface area contributed by atoms with Crippen LogP contribution >= 0.6 is 0 Å². The summed E-state index contributed by atoms with van der Waals surface area (Å²) in [6, 6.07) is 0. The van der Waals surface area contributed by atoms with E-state index in [4.69, 9.17) is 5.73 Å². The lowest BCUT2D eigenvalue weighted by Crippen LogP contribution is -2.28. The molecular formula is C14H26N4O. The summed E-state index contributed by atoms with van der Waals surface area (Å²) in [6.45, 7) is 9.63. The fourth-order valence-corrected chi connectivity index (χ4v) is 2.05. The van der Waals surface area contributed by atoms with Crippen LogP contribution in [-0.4, -0.2) is 28.8 Å². The van der Waals surface area contributed by atoms with Crippen LogP contribution in [-0.2, 0) is 12.0 Å². The van der Waals surface area contributed by atoms with Gasteiger partial charge in [-0.15, -0.1) is 0 Å². The standard InChI is InChI=1S/C14H26N4O/c1-5-12-11(10-17-18(12)14(2,3)4)13(19)16-9-7-6-8-15/h10H,5-9,15H2,1-4H3,(H,16,19). The minimum Gasteiger partial charge on any atom is -0.352 e. The normalized spacial score (nSPS) is 11.6. The molecule has 5 heteroatoms. The molecule has 0 aliphatic carbocycles. The summed E-state index contributed by atoms with van der Waals surface area (Å²) in [7, 11) is 0. The molecule has 5 nitrogen and oxygen atoms in total. The van der Waals surface area contributed by atoms with Crippen LogP contribution in [0.1, 0.15) is 56.6 Å². The van der Waals surface area contributed by atoms with Crippen molar-refractivity contribution in [2.75, 3.05) is 13.1 Å². The van der Waals surface area contributed by atoms with Gasteiger partial charge >= 0.3 is 0 Å². The molecule has 19 heavy (non-hydrogen) atoms. The highest BCUT2D eigenvalue weighted by Gasteiger charge is 2.22. The van der Waals surface area contributed by atoms with Gasteiger partial charge in [-0.1, -0.05) is 6.92 Å². The number of unbranched alkanes of at least 4 members (excludes halogenated alkanes) is 1. The van der Waals surface area contributed by atoms with E-state index in [2.05, 4.69) is 31.2 Å². The number of nitrogens with two attached hydrogens (primary N) is 1. The predicted octanol–water partition coefficient (Wildman–Crippen LogP) is 1.67. The second-order valence-electron chi connectivity index (χ2n) is 5.69. The topological polar surface area (TPSA) is 72.9 Å². The van der Waals surface area contributed by atoms with Gasteiger partial charge in [-0.05, 0) is 46.6 Å². The maximum absolute atomic E-state index is 12.1. The van der Waals surface area contributed by atoms with Crippen molar-refractivity contribution in [2.24, 2.45) is 5.73 Å². The molecule has 0 radical (unpaired) electrons. The molecule has 1 amide bonds. The molecule has 0 aromatic carbocycles. The van der Waals surface area contributed by atoms with Crippen molar-refractivity contribution in [3.05, 3.63) is 17.5 Å². The van der Waals surface area contributed by atoms with E-state index in [0.29, 0.717) is 18.7 Å². The van der Waals surface area contributed by atoms with E-state index >= 15 is 0 Å². The first-order chi connectivity index (χ1) is 8.91. The summed E-state index contributed by atoms with van der Waals surface area (Å²) in [4.78, 5) is 12.1. The van der Waals surface area contributed by atoms with Gasteiger partial charge in [0.05, 0.1) is 23.0 Å². The summed E-state index contributed by atoms with van der Waals surface area (Å²) in [5, 5.41) is 7.28. The van der Waals surface area contributed by atoms with Gasteiger partial charge in [0.2, 0.25) is 0 Å². The second kappa shape index (κ2) is 6.70. The van der Waals surface area contributed by atoms with Crippen LogP contribution < -0.4 is 11.1 Å². The van der Waals surface area contributed by atoms with E-state index in [1.54, 1.807) is 6.20 Å². The Morgan fingerprint density at radius 2 is 2.11 bits per heavy atom. The van der Waals surface area contributed by atoms with E-state index in [0.717, 1.165) is 25.0 Å². The Hall–Kier alpha value is -1.36. The molecule has 0 atom stereocenters. The van der Waals surface area contributed by atoms with Crippen LogP contribution in [0.4, 0.5) is 0 Å². The summed E-state index contributed by atoms with van der Waals surface area (Å²) < 4.78 is 1.93. The van der Waals surface area contributed by atoms with Crippen LogP contribution in [0.25, 0.3) is 0 Å². The molecular weight excluding hydrogens is 240 g/mol. The monoisotopic (exact) mass is 266 g/mol. The van der Waals surface area contributed by atoms with Gasteiger partial charge < -0.3 is 11.1 Å². The van der Waals surface area contributed by atoms with E-state index in [-0.39, 0.29) is 11.4 Å². The van der Waals surface area contributed by atoms with Crippen LogP contribution in [0.5, 0.6) is 0 Å². The van der Waals surface area contributed by atoms with Crippen molar-refractivity contribution < 1.29 is 4.79 Å². The molecule has 1 aromatic heterocycles. The lowest BCUT2D eigenvalue weighted by atomic mass is 10.1. The van der Waals surface area contributed by atoms with Crippen molar-refractivity contribution in [1.82, 2.24) is 15.1 Å². The SMILES string of the molecule is CCc1c(C(=O)NCCCCN)cnn1C(C)(C)C. The highest BCUT2D eigenvalue weighted by atomic mass is 16.1. The minimum absolute atomic E-state index is 0.0376. The van der Waals surface area contributed by atoms with Gasteiger partial charge in [-0.2, -0.15) is 5.10 Å². The fourth-order valence-electron chi connectivity index (χ4n) is 2.05. The van der Waals surface area contributed by atoms with Gasteiger partial charge in [-0.25, -0.2) is 0 Å². The lowest BCUT2D eigenvalue weighted by Gasteiger charge is -2.22. The molecule has 108 valence electrons. The zero-order valence-electron chi connectivity index (χ0n) is 12.5. The number of carbonyl (C=O) groups excluding carboxylic acids is 1. The van der Waals surface area contributed by atoms with Crippen LogP contribution in [0.3, 0.4) is 0 Å². The molecule has 1 heterocycles. The first-order valence-electron chi connectivity index (χ1n) is 6.97. The zero-order chi connectivity index (χ0) is 14.5. The molecule has 0 aliphatic rings. The quantitative estimate of drug-likeness (QED) is 0.769. The van der Waals surface area contributed by atoms with Crippen LogP contribution in [0.15, 0.2) is 6.20 Å². The number of carbonyl (C=O) groups is 1. The van der Waals surface area contributed by atoms with E-state index in [9.17, 15) is 4.79 Å². The first kappa shape index (κ1) is 15.7. The van der Waals surface area contributed by atoms with Crippen molar-refractivity contribution in [1.29, 1.82) is 0 Å². The molecule has 1 rings (SSSR count). The van der Waals surface area contributed by atoms with Gasteiger partial charge in [0, 0.05) is 6.54 Å². The number of amides is 1. The molecule has 3 N–H and O–H groups in total. The lowest BCUT2D eigenvalue weighted by molar-refractivity contribution is 0.0952. The summed E-state index contributed by atoms with van der Waals surface area (Å²) in [5.41, 5.74) is 6.99. The van der Waals surface area contributed by atoms with Gasteiger partial charge in [0.1, 0.15) is 0 Å². The third-order valence-corrected chi connectivity index (χ3v) is 3.00. The molecule has 0 saturated heterocycles. The maximum atomic E-state index is 12.1. The molecule has 0 aliphatic heterocycles. The second-order valence-corrected chi connectivity index (χ2v) is 5.69. The Balaban J connectivity index is 2.78. The Morgan fingerprint density at radius 1 is 1.42 bits per heavy atom. The highest BCUT2D eigenvalue weighted by Crippen LogP contribution is 2.19. The predicted molar refractivity (Wildman–Crippen MR) is 77.2 cm³/mol. The van der Waals surface area contributed by atoms with Crippen molar-refractivity contribution in [3.8, 4) is 0 Å². The van der Waals surface area contributed by atoms with Crippen LogP contribution in [0.2, 0.25) is 0 Å². The Kier molecular flexibility index (Phi) is 5.54. The summed E-state index contributed by atoms with van der Waals surface area (Å²) in [5.74, 6) is -0.0376. The Morgan fingerprint density at radius 3 is 2.63 bits per heavy atom. The molecule has 0 saturated carbocycles. The molecule has 0 unspecified atom stereocenters. The van der Waals surface area contributed by atoms with Crippen molar-refractivity contribution >= 4 is 5.91 Å². The van der Waals surface area contributed by atoms with Crippen molar-refractivity contribution in [3.63, 3.8) is 0 Å². The van der Waals surface area contributed by atoms with E-state index < -0.39 is 0 Å². The maximum Gasteiger partial charge on any atom is 0.254 e. The molecule has 0 spiro atoms. The number of nitrogens with one attached hydrogen (secondary N) is 1. The third kappa shape index (κ3) is 4.06. The number of nitrogens with zero attached hydrogens (tertiary/aromatic N) is 2. The smallest absolute Gasteiger partial charge is 0.254 e. The molecule has 1 aromatic rings. The van der Waals surface area contributed by atoms with Gasteiger partial charge in [0.15, 0.2) is 0 Å². The number of hydrogen-bond acceptors (Lipinski definition) is 3. The molecule has 0 fully saturated rings. The zero-order valence-corrected chi connectivity index (χ0v) is 12.5. The summed E-state index contributed by atoms with van der Waals surface area (Å²) in [6.07, 6.45) is 4.31. The third-order valence-electron chi connectivity index (χ3n) is 3.00. The number of rotatable bonds is 6. The molecule has 0 bridgehead atoms. The minimum atomic E-state index is -0.108.